The highest BCUT2D eigenvalue weighted by Crippen LogP contribution is 2.27. The maximum absolute atomic E-state index is 9.57. The molecule has 1 atom stereocenters. The predicted octanol–water partition coefficient (Wildman–Crippen LogP) is 3.16. The SMILES string of the molecule is CC(O)c1ccnc(Sc2nc3ccccc3[nH]2)c1. The first-order valence-electron chi connectivity index (χ1n) is 5.99. The molecule has 2 aromatic heterocycles. The summed E-state index contributed by atoms with van der Waals surface area (Å²) in [5.74, 6) is 0. The normalized spacial score (nSPS) is 12.7. The van der Waals surface area contributed by atoms with Crippen molar-refractivity contribution in [2.75, 3.05) is 0 Å². The molecule has 0 bridgehead atoms. The standard InChI is InChI=1S/C14H13N3OS/c1-9(18)10-6-7-15-13(8-10)19-14-16-11-4-2-3-5-12(11)17-14/h2-9,18H,1H3,(H,16,17). The first-order valence-corrected chi connectivity index (χ1v) is 6.80. The number of H-pyrrole nitrogens is 1. The fourth-order valence-corrected chi connectivity index (χ4v) is 2.63. The van der Waals surface area contributed by atoms with Crippen LogP contribution in [0, 0.1) is 0 Å². The molecule has 0 aliphatic heterocycles. The molecule has 19 heavy (non-hydrogen) atoms. The minimum Gasteiger partial charge on any atom is -0.389 e. The van der Waals surface area contributed by atoms with Gasteiger partial charge in [-0.15, -0.1) is 0 Å². The molecule has 1 aromatic carbocycles. The highest BCUT2D eigenvalue weighted by Gasteiger charge is 2.07. The molecule has 2 N–H and O–H groups in total. The second-order valence-corrected chi connectivity index (χ2v) is 5.27. The number of nitrogens with one attached hydrogen (secondary N) is 1. The van der Waals surface area contributed by atoms with Gasteiger partial charge >= 0.3 is 0 Å². The Balaban J connectivity index is 1.90. The molecule has 3 rings (SSSR count). The zero-order valence-electron chi connectivity index (χ0n) is 10.4. The largest absolute Gasteiger partial charge is 0.389 e. The minimum atomic E-state index is -0.488. The van der Waals surface area contributed by atoms with E-state index in [2.05, 4.69) is 15.0 Å². The molecule has 0 fully saturated rings. The van der Waals surface area contributed by atoms with Crippen molar-refractivity contribution in [3.63, 3.8) is 0 Å². The summed E-state index contributed by atoms with van der Waals surface area (Å²) < 4.78 is 0. The molecule has 0 aliphatic carbocycles. The van der Waals surface area contributed by atoms with E-state index in [0.717, 1.165) is 26.8 Å². The molecule has 1 unspecified atom stereocenters. The lowest BCUT2D eigenvalue weighted by Crippen LogP contribution is -1.92. The van der Waals surface area contributed by atoms with E-state index in [0.29, 0.717) is 0 Å². The maximum atomic E-state index is 9.57. The Morgan fingerprint density at radius 2 is 2.11 bits per heavy atom. The van der Waals surface area contributed by atoms with E-state index >= 15 is 0 Å². The van der Waals surface area contributed by atoms with E-state index in [9.17, 15) is 5.11 Å². The van der Waals surface area contributed by atoms with Crippen LogP contribution in [0.15, 0.2) is 52.8 Å². The van der Waals surface area contributed by atoms with Crippen molar-refractivity contribution in [3.05, 3.63) is 48.2 Å². The fraction of sp³-hybridized carbons (Fsp3) is 0.143. The molecule has 0 aliphatic rings. The number of fused-ring (bicyclic) bond motifs is 1. The topological polar surface area (TPSA) is 61.8 Å². The molecular weight excluding hydrogens is 258 g/mol. The van der Waals surface area contributed by atoms with E-state index in [1.54, 1.807) is 13.1 Å². The van der Waals surface area contributed by atoms with Crippen LogP contribution >= 0.6 is 11.8 Å². The number of aromatic nitrogens is 3. The van der Waals surface area contributed by atoms with Crippen LogP contribution in [0.4, 0.5) is 0 Å². The number of hydrogen-bond donors (Lipinski definition) is 2. The number of aliphatic hydroxyl groups is 1. The molecule has 96 valence electrons. The van der Waals surface area contributed by atoms with Crippen LogP contribution in [0.2, 0.25) is 0 Å². The summed E-state index contributed by atoms with van der Waals surface area (Å²) in [5.41, 5.74) is 2.81. The number of rotatable bonds is 3. The lowest BCUT2D eigenvalue weighted by Gasteiger charge is -2.05. The number of pyridine rings is 1. The van der Waals surface area contributed by atoms with Crippen LogP contribution in [-0.2, 0) is 0 Å². The predicted molar refractivity (Wildman–Crippen MR) is 75.1 cm³/mol. The molecule has 0 spiro atoms. The molecule has 3 aromatic rings. The van der Waals surface area contributed by atoms with Crippen LogP contribution < -0.4 is 0 Å². The van der Waals surface area contributed by atoms with Crippen LogP contribution in [0.3, 0.4) is 0 Å². The summed E-state index contributed by atoms with van der Waals surface area (Å²) in [4.78, 5) is 12.0. The highest BCUT2D eigenvalue weighted by molar-refractivity contribution is 7.99. The molecule has 2 heterocycles. The van der Waals surface area contributed by atoms with Crippen LogP contribution in [-0.4, -0.2) is 20.1 Å². The number of benzene rings is 1. The summed E-state index contributed by atoms with van der Waals surface area (Å²) >= 11 is 1.46. The van der Waals surface area contributed by atoms with Gasteiger partial charge in [-0.1, -0.05) is 12.1 Å². The third-order valence-corrected chi connectivity index (χ3v) is 3.63. The number of imidazole rings is 1. The van der Waals surface area contributed by atoms with Crippen molar-refractivity contribution in [2.45, 2.75) is 23.2 Å². The van der Waals surface area contributed by atoms with Crippen LogP contribution in [0.25, 0.3) is 11.0 Å². The summed E-state index contributed by atoms with van der Waals surface area (Å²) in [5, 5.41) is 11.2. The van der Waals surface area contributed by atoms with Gasteiger partial charge in [0.25, 0.3) is 0 Å². The quantitative estimate of drug-likeness (QED) is 0.768. The first-order chi connectivity index (χ1) is 9.22. The van der Waals surface area contributed by atoms with Crippen molar-refractivity contribution in [2.24, 2.45) is 0 Å². The van der Waals surface area contributed by atoms with Gasteiger partial charge in [0.15, 0.2) is 5.16 Å². The van der Waals surface area contributed by atoms with Gasteiger partial charge < -0.3 is 10.1 Å². The van der Waals surface area contributed by atoms with E-state index < -0.39 is 6.10 Å². The lowest BCUT2D eigenvalue weighted by molar-refractivity contribution is 0.199. The summed E-state index contributed by atoms with van der Waals surface area (Å²) in [7, 11) is 0. The second-order valence-electron chi connectivity index (χ2n) is 4.26. The minimum absolute atomic E-state index is 0.488. The van der Waals surface area contributed by atoms with Gasteiger partial charge in [0, 0.05) is 6.20 Å². The molecule has 0 radical (unpaired) electrons. The fourth-order valence-electron chi connectivity index (χ4n) is 1.82. The Morgan fingerprint density at radius 1 is 1.26 bits per heavy atom. The molecular formula is C14H13N3OS. The van der Waals surface area contributed by atoms with Crippen molar-refractivity contribution in [3.8, 4) is 0 Å². The third-order valence-electron chi connectivity index (χ3n) is 2.81. The molecule has 0 amide bonds. The third kappa shape index (κ3) is 2.62. The molecule has 4 nitrogen and oxygen atoms in total. The van der Waals surface area contributed by atoms with Gasteiger partial charge in [-0.25, -0.2) is 9.97 Å². The van der Waals surface area contributed by atoms with E-state index in [-0.39, 0.29) is 0 Å². The number of aromatic amines is 1. The van der Waals surface area contributed by atoms with Gasteiger partial charge in [-0.2, -0.15) is 0 Å². The van der Waals surface area contributed by atoms with Gasteiger partial charge in [-0.3, -0.25) is 0 Å². The zero-order chi connectivity index (χ0) is 13.2. The first kappa shape index (κ1) is 12.2. The Hall–Kier alpha value is -1.85. The number of nitrogens with zero attached hydrogens (tertiary/aromatic N) is 2. The van der Waals surface area contributed by atoms with E-state index in [1.165, 1.54) is 11.8 Å². The van der Waals surface area contributed by atoms with Crippen molar-refractivity contribution in [1.82, 2.24) is 15.0 Å². The number of para-hydroxylation sites is 2. The van der Waals surface area contributed by atoms with E-state index in [1.807, 2.05) is 36.4 Å². The lowest BCUT2D eigenvalue weighted by atomic mass is 10.2. The smallest absolute Gasteiger partial charge is 0.172 e. The van der Waals surface area contributed by atoms with Crippen molar-refractivity contribution >= 4 is 22.8 Å². The Kier molecular flexibility index (Phi) is 3.23. The van der Waals surface area contributed by atoms with Crippen molar-refractivity contribution in [1.29, 1.82) is 0 Å². The average Bonchev–Trinajstić information content (AvgIpc) is 2.81. The van der Waals surface area contributed by atoms with Gasteiger partial charge in [0.1, 0.15) is 5.03 Å². The van der Waals surface area contributed by atoms with Gasteiger partial charge in [0.2, 0.25) is 0 Å². The maximum Gasteiger partial charge on any atom is 0.172 e. The number of aliphatic hydroxyl groups excluding tert-OH is 1. The van der Waals surface area contributed by atoms with Gasteiger partial charge in [-0.05, 0) is 48.5 Å². The van der Waals surface area contributed by atoms with E-state index in [4.69, 9.17) is 0 Å². The van der Waals surface area contributed by atoms with Crippen molar-refractivity contribution < 1.29 is 5.11 Å². The number of hydrogen-bond acceptors (Lipinski definition) is 4. The summed E-state index contributed by atoms with van der Waals surface area (Å²) in [6, 6.07) is 11.6. The molecule has 0 saturated heterocycles. The summed E-state index contributed by atoms with van der Waals surface area (Å²) in [6.07, 6.45) is 1.21. The Morgan fingerprint density at radius 3 is 2.89 bits per heavy atom. The zero-order valence-corrected chi connectivity index (χ0v) is 11.2. The summed E-state index contributed by atoms with van der Waals surface area (Å²) in [6.45, 7) is 1.74. The second kappa shape index (κ2) is 5.03. The Bertz CT molecular complexity index is 675. The molecule has 5 heteroatoms. The monoisotopic (exact) mass is 271 g/mol. The van der Waals surface area contributed by atoms with Crippen LogP contribution in [0.1, 0.15) is 18.6 Å². The molecule has 0 saturated carbocycles. The van der Waals surface area contributed by atoms with Gasteiger partial charge in [0.05, 0.1) is 17.1 Å². The van der Waals surface area contributed by atoms with Crippen LogP contribution in [0.5, 0.6) is 0 Å². The average molecular weight is 271 g/mol. The highest BCUT2D eigenvalue weighted by atomic mass is 32.2. The Labute approximate surface area is 114 Å².